The predicted molar refractivity (Wildman–Crippen MR) is 78.0 cm³/mol. The van der Waals surface area contributed by atoms with Crippen LogP contribution in [0.4, 0.5) is 5.13 Å². The molecule has 0 spiro atoms. The Kier molecular flexibility index (Phi) is 3.34. The Bertz CT molecular complexity index is 713. The lowest BCUT2D eigenvalue weighted by Crippen LogP contribution is -2.48. The number of hydrogen-bond acceptors (Lipinski definition) is 5. The SMILES string of the molecule is Nc1nc(C(=O)N2Cc3ccccc3C[C@@H]2C(=O)O)cs1. The van der Waals surface area contributed by atoms with Gasteiger partial charge in [0.15, 0.2) is 5.13 Å². The number of nitrogens with two attached hydrogens (primary N) is 1. The summed E-state index contributed by atoms with van der Waals surface area (Å²) in [6, 6.07) is 6.67. The first-order valence-electron chi connectivity index (χ1n) is 6.38. The van der Waals surface area contributed by atoms with Gasteiger partial charge in [0.25, 0.3) is 5.91 Å². The molecule has 1 aromatic carbocycles. The maximum atomic E-state index is 12.5. The molecule has 6 nitrogen and oxygen atoms in total. The number of anilines is 1. The molecule has 0 saturated heterocycles. The second-order valence-corrected chi connectivity index (χ2v) is 5.72. The summed E-state index contributed by atoms with van der Waals surface area (Å²) in [7, 11) is 0. The zero-order valence-corrected chi connectivity index (χ0v) is 11.8. The lowest BCUT2D eigenvalue weighted by Gasteiger charge is -2.34. The van der Waals surface area contributed by atoms with Crippen molar-refractivity contribution in [3.8, 4) is 0 Å². The molecule has 1 aromatic heterocycles. The number of hydrogen-bond donors (Lipinski definition) is 2. The summed E-state index contributed by atoms with van der Waals surface area (Å²) in [5, 5.41) is 11.2. The molecule has 0 unspecified atom stereocenters. The summed E-state index contributed by atoms with van der Waals surface area (Å²) in [6.45, 7) is 0.267. The minimum atomic E-state index is -1.01. The molecule has 0 fully saturated rings. The molecule has 0 aliphatic carbocycles. The highest BCUT2D eigenvalue weighted by molar-refractivity contribution is 7.13. The van der Waals surface area contributed by atoms with E-state index in [0.29, 0.717) is 11.6 Å². The van der Waals surface area contributed by atoms with Crippen LogP contribution >= 0.6 is 11.3 Å². The van der Waals surface area contributed by atoms with Crippen molar-refractivity contribution >= 4 is 28.3 Å². The second kappa shape index (κ2) is 5.17. The maximum absolute atomic E-state index is 12.5. The monoisotopic (exact) mass is 303 g/mol. The average molecular weight is 303 g/mol. The van der Waals surface area contributed by atoms with Gasteiger partial charge in [0, 0.05) is 18.3 Å². The van der Waals surface area contributed by atoms with E-state index in [0.717, 1.165) is 22.5 Å². The number of nitrogen functional groups attached to an aromatic ring is 1. The molecule has 0 radical (unpaired) electrons. The normalized spacial score (nSPS) is 17.3. The Morgan fingerprint density at radius 1 is 1.33 bits per heavy atom. The van der Waals surface area contributed by atoms with Gasteiger partial charge in [-0.2, -0.15) is 0 Å². The first-order valence-corrected chi connectivity index (χ1v) is 7.26. The van der Waals surface area contributed by atoms with Crippen molar-refractivity contribution in [2.45, 2.75) is 19.0 Å². The summed E-state index contributed by atoms with van der Waals surface area (Å²) in [4.78, 5) is 29.3. The van der Waals surface area contributed by atoms with E-state index in [-0.39, 0.29) is 12.2 Å². The standard InChI is InChI=1S/C14H13N3O3S/c15-14-16-10(7-21-14)12(18)17-6-9-4-2-1-3-8(9)5-11(17)13(19)20/h1-4,7,11H,5-6H2,(H2,15,16)(H,19,20)/t11-/m1/s1. The van der Waals surface area contributed by atoms with Crippen LogP contribution in [0.3, 0.4) is 0 Å². The number of aliphatic carboxylic acids is 1. The van der Waals surface area contributed by atoms with Crippen LogP contribution in [0.2, 0.25) is 0 Å². The molecular weight excluding hydrogens is 290 g/mol. The number of aromatic nitrogens is 1. The largest absolute Gasteiger partial charge is 0.480 e. The smallest absolute Gasteiger partial charge is 0.326 e. The highest BCUT2D eigenvalue weighted by Gasteiger charge is 2.35. The van der Waals surface area contributed by atoms with Crippen molar-refractivity contribution in [2.24, 2.45) is 0 Å². The third-order valence-electron chi connectivity index (χ3n) is 3.54. The van der Waals surface area contributed by atoms with Gasteiger partial charge in [-0.1, -0.05) is 24.3 Å². The number of carbonyl (C=O) groups is 2. The minimum Gasteiger partial charge on any atom is -0.480 e. The molecule has 0 saturated carbocycles. The number of amides is 1. The van der Waals surface area contributed by atoms with Crippen LogP contribution in [-0.2, 0) is 17.8 Å². The van der Waals surface area contributed by atoms with Crippen molar-refractivity contribution in [2.75, 3.05) is 5.73 Å². The minimum absolute atomic E-state index is 0.197. The molecule has 1 atom stereocenters. The maximum Gasteiger partial charge on any atom is 0.326 e. The molecule has 2 heterocycles. The number of rotatable bonds is 2. The summed E-state index contributed by atoms with van der Waals surface area (Å²) < 4.78 is 0. The van der Waals surface area contributed by atoms with Gasteiger partial charge in [0.2, 0.25) is 0 Å². The molecule has 2 aromatic rings. The van der Waals surface area contributed by atoms with E-state index < -0.39 is 17.9 Å². The first-order chi connectivity index (χ1) is 10.1. The lowest BCUT2D eigenvalue weighted by molar-refractivity contribution is -0.142. The van der Waals surface area contributed by atoms with E-state index in [1.807, 2.05) is 24.3 Å². The van der Waals surface area contributed by atoms with Crippen molar-refractivity contribution < 1.29 is 14.7 Å². The molecular formula is C14H13N3O3S. The van der Waals surface area contributed by atoms with E-state index in [1.54, 1.807) is 5.38 Å². The van der Waals surface area contributed by atoms with Crippen LogP contribution in [0.1, 0.15) is 21.6 Å². The molecule has 1 amide bonds. The fourth-order valence-corrected chi connectivity index (χ4v) is 3.03. The fraction of sp³-hybridized carbons (Fsp3) is 0.214. The van der Waals surface area contributed by atoms with Gasteiger partial charge in [0.05, 0.1) is 0 Å². The van der Waals surface area contributed by atoms with Crippen LogP contribution in [0.25, 0.3) is 0 Å². The van der Waals surface area contributed by atoms with Gasteiger partial charge < -0.3 is 15.7 Å². The number of benzene rings is 1. The van der Waals surface area contributed by atoms with Gasteiger partial charge in [-0.05, 0) is 11.1 Å². The Hall–Kier alpha value is -2.41. The Balaban J connectivity index is 1.96. The predicted octanol–water partition coefficient (Wildman–Crippen LogP) is 1.38. The van der Waals surface area contributed by atoms with Crippen LogP contribution in [0.15, 0.2) is 29.6 Å². The topological polar surface area (TPSA) is 96.5 Å². The van der Waals surface area contributed by atoms with E-state index in [1.165, 1.54) is 4.90 Å². The quantitative estimate of drug-likeness (QED) is 0.873. The van der Waals surface area contributed by atoms with Crippen molar-refractivity contribution in [1.82, 2.24) is 9.88 Å². The summed E-state index contributed by atoms with van der Waals surface area (Å²) in [5.41, 5.74) is 7.66. The van der Waals surface area contributed by atoms with Crippen molar-refractivity contribution in [3.63, 3.8) is 0 Å². The highest BCUT2D eigenvalue weighted by Crippen LogP contribution is 2.25. The van der Waals surface area contributed by atoms with Crippen LogP contribution in [0, 0.1) is 0 Å². The molecule has 21 heavy (non-hydrogen) atoms. The summed E-state index contributed by atoms with van der Waals surface area (Å²) in [5.74, 6) is -1.41. The highest BCUT2D eigenvalue weighted by atomic mass is 32.1. The fourth-order valence-electron chi connectivity index (χ4n) is 2.49. The number of nitrogens with zero attached hydrogens (tertiary/aromatic N) is 2. The van der Waals surface area contributed by atoms with Crippen LogP contribution < -0.4 is 5.73 Å². The molecule has 1 aliphatic heterocycles. The Morgan fingerprint density at radius 3 is 2.67 bits per heavy atom. The van der Waals surface area contributed by atoms with Gasteiger partial charge in [-0.3, -0.25) is 4.79 Å². The van der Waals surface area contributed by atoms with Crippen molar-refractivity contribution in [1.29, 1.82) is 0 Å². The van der Waals surface area contributed by atoms with E-state index >= 15 is 0 Å². The zero-order valence-electron chi connectivity index (χ0n) is 11.0. The van der Waals surface area contributed by atoms with E-state index in [4.69, 9.17) is 5.73 Å². The molecule has 108 valence electrons. The van der Waals surface area contributed by atoms with E-state index in [2.05, 4.69) is 4.98 Å². The molecule has 3 rings (SSSR count). The molecule has 7 heteroatoms. The number of carboxylic acids is 1. The van der Waals surface area contributed by atoms with Crippen molar-refractivity contribution in [3.05, 3.63) is 46.5 Å². The number of thiazole rings is 1. The molecule has 0 bridgehead atoms. The number of fused-ring (bicyclic) bond motifs is 1. The summed E-state index contributed by atoms with van der Waals surface area (Å²) >= 11 is 1.16. The Labute approximate surface area is 124 Å². The van der Waals surface area contributed by atoms with Gasteiger partial charge in [-0.15, -0.1) is 11.3 Å². The van der Waals surface area contributed by atoms with Gasteiger partial charge in [-0.25, -0.2) is 9.78 Å². The summed E-state index contributed by atoms with van der Waals surface area (Å²) in [6.07, 6.45) is 0.302. The number of carbonyl (C=O) groups excluding carboxylic acids is 1. The first kappa shape index (κ1) is 13.6. The third-order valence-corrected chi connectivity index (χ3v) is 4.21. The molecule has 1 aliphatic rings. The number of carboxylic acid groups (broad SMARTS) is 1. The molecule has 3 N–H and O–H groups in total. The third kappa shape index (κ3) is 2.47. The lowest BCUT2D eigenvalue weighted by atomic mass is 9.94. The van der Waals surface area contributed by atoms with Gasteiger partial charge >= 0.3 is 5.97 Å². The average Bonchev–Trinajstić information content (AvgIpc) is 2.91. The second-order valence-electron chi connectivity index (χ2n) is 4.83. The van der Waals surface area contributed by atoms with Crippen LogP contribution in [0.5, 0.6) is 0 Å². The van der Waals surface area contributed by atoms with E-state index in [9.17, 15) is 14.7 Å². The van der Waals surface area contributed by atoms with Crippen LogP contribution in [-0.4, -0.2) is 32.9 Å². The zero-order chi connectivity index (χ0) is 15.0. The van der Waals surface area contributed by atoms with Gasteiger partial charge in [0.1, 0.15) is 11.7 Å². The Morgan fingerprint density at radius 2 is 2.05 bits per heavy atom.